The molecule has 248 valence electrons. The minimum absolute atomic E-state index is 0. The number of ether oxygens (including phenoxy) is 2. The Balaban J connectivity index is 0.000000533. The Kier molecular flexibility index (Phi) is 16.5. The van der Waals surface area contributed by atoms with E-state index in [1.165, 1.54) is 5.56 Å². The highest BCUT2D eigenvalue weighted by atomic mass is 16.5. The molecule has 4 aromatic rings. The van der Waals surface area contributed by atoms with Crippen molar-refractivity contribution >= 4 is 34.3 Å². The highest BCUT2D eigenvalue weighted by molar-refractivity contribution is 6.00. The predicted octanol–water partition coefficient (Wildman–Crippen LogP) is 4.58. The van der Waals surface area contributed by atoms with Gasteiger partial charge in [-0.3, -0.25) is 9.78 Å². The highest BCUT2D eigenvalue weighted by Crippen LogP contribution is 2.33. The van der Waals surface area contributed by atoms with Crippen LogP contribution < -0.4 is 25.0 Å². The first-order valence-corrected chi connectivity index (χ1v) is 14.9. The lowest BCUT2D eigenvalue weighted by molar-refractivity contribution is -0.117. The van der Waals surface area contributed by atoms with Crippen LogP contribution in [0.25, 0.3) is 11.0 Å². The van der Waals surface area contributed by atoms with Crippen molar-refractivity contribution in [3.05, 3.63) is 59.7 Å². The van der Waals surface area contributed by atoms with E-state index in [2.05, 4.69) is 33.6 Å². The number of pyridine rings is 2. The van der Waals surface area contributed by atoms with E-state index in [9.17, 15) is 4.79 Å². The Labute approximate surface area is 267 Å². The van der Waals surface area contributed by atoms with Crippen molar-refractivity contribution in [2.24, 2.45) is 13.0 Å². The fraction of sp³-hybridized carbons (Fsp3) is 0.455. The number of hydrogen-bond donors (Lipinski definition) is 3. The molecule has 5 rings (SSSR count). The van der Waals surface area contributed by atoms with E-state index in [0.717, 1.165) is 72.7 Å². The third-order valence-electron chi connectivity index (χ3n) is 6.97. The maximum absolute atomic E-state index is 12.4. The van der Waals surface area contributed by atoms with Crippen LogP contribution in [0.4, 0.5) is 17.3 Å². The summed E-state index contributed by atoms with van der Waals surface area (Å²) in [6.07, 6.45) is 6.41. The van der Waals surface area contributed by atoms with Gasteiger partial charge in [0.05, 0.1) is 43.6 Å². The van der Waals surface area contributed by atoms with Crippen LogP contribution in [0.1, 0.15) is 50.4 Å². The average molecular weight is 626 g/mol. The smallest absolute Gasteiger partial charge is 0.228 e. The molecular weight excluding hydrogens is 574 g/mol. The zero-order chi connectivity index (χ0) is 32.8. The van der Waals surface area contributed by atoms with E-state index < -0.39 is 0 Å². The fourth-order valence-electron chi connectivity index (χ4n) is 4.39. The van der Waals surface area contributed by atoms with E-state index in [1.54, 1.807) is 20.5 Å². The van der Waals surface area contributed by atoms with E-state index in [1.807, 2.05) is 81.8 Å². The molecule has 12 nitrogen and oxygen atoms in total. The maximum Gasteiger partial charge on any atom is 0.228 e. The van der Waals surface area contributed by atoms with Crippen LogP contribution in [-0.2, 0) is 24.8 Å². The van der Waals surface area contributed by atoms with Crippen LogP contribution in [0.5, 0.6) is 11.5 Å². The number of hydrogen-bond acceptors (Lipinski definition) is 9. The second-order valence-electron chi connectivity index (χ2n) is 9.90. The van der Waals surface area contributed by atoms with E-state index >= 15 is 0 Å². The number of anilines is 3. The molecule has 1 fully saturated rings. The standard InChI is InChI=1S/C21H27N7O.C9H12O2.C2H6.CH4O.H2O/c1-5-13-8-15(10-22-2)23-11-17(13)28(4)18-9-16-19(24-12-27(16)3)20(25-18)26-21(29)14-6-7-14;1-7-4-5-8(10-2)6-9(7)11-3;2*1-2;/h8-9,11-12,14,22H,5-7,10H2,1-4H3,(H,25,26,29);4-6H,1-3H3;1-2H3;2H,1H3;1H2. The van der Waals surface area contributed by atoms with E-state index in [-0.39, 0.29) is 17.3 Å². The van der Waals surface area contributed by atoms with Crippen molar-refractivity contribution < 1.29 is 24.9 Å². The molecule has 0 spiro atoms. The lowest BCUT2D eigenvalue weighted by Crippen LogP contribution is -2.18. The van der Waals surface area contributed by atoms with Crippen molar-refractivity contribution in [3.63, 3.8) is 0 Å². The molecule has 5 N–H and O–H groups in total. The molecule has 1 saturated carbocycles. The molecule has 1 aliphatic carbocycles. The van der Waals surface area contributed by atoms with Gasteiger partial charge in [0, 0.05) is 45.8 Å². The molecule has 45 heavy (non-hydrogen) atoms. The summed E-state index contributed by atoms with van der Waals surface area (Å²) >= 11 is 0. The molecule has 1 aromatic carbocycles. The van der Waals surface area contributed by atoms with Crippen LogP contribution >= 0.6 is 0 Å². The van der Waals surface area contributed by atoms with E-state index in [4.69, 9.17) is 19.6 Å². The molecule has 3 heterocycles. The zero-order valence-electron chi connectivity index (χ0n) is 28.4. The molecule has 0 unspecified atom stereocenters. The van der Waals surface area contributed by atoms with Gasteiger partial charge >= 0.3 is 0 Å². The fourth-order valence-corrected chi connectivity index (χ4v) is 4.39. The number of fused-ring (bicyclic) bond motifs is 1. The molecule has 0 bridgehead atoms. The molecule has 0 atom stereocenters. The average Bonchev–Trinajstić information content (AvgIpc) is 3.86. The van der Waals surface area contributed by atoms with Crippen LogP contribution in [0.3, 0.4) is 0 Å². The van der Waals surface area contributed by atoms with Crippen molar-refractivity contribution in [1.82, 2.24) is 24.8 Å². The van der Waals surface area contributed by atoms with Gasteiger partial charge in [0.2, 0.25) is 5.91 Å². The Morgan fingerprint density at radius 2 is 1.80 bits per heavy atom. The van der Waals surface area contributed by atoms with E-state index in [0.29, 0.717) is 11.3 Å². The van der Waals surface area contributed by atoms with Gasteiger partial charge in [-0.2, -0.15) is 0 Å². The first-order chi connectivity index (χ1) is 21.3. The number of aliphatic hydroxyl groups excluding tert-OH is 1. The van der Waals surface area contributed by atoms with Crippen molar-refractivity contribution in [2.45, 2.75) is 53.5 Å². The first kappa shape index (κ1) is 38.8. The highest BCUT2D eigenvalue weighted by Gasteiger charge is 2.30. The zero-order valence-corrected chi connectivity index (χ0v) is 28.4. The SMILES string of the molecule is CC.CCc1cc(CNC)ncc1N(C)c1cc2c(ncn2C)c(NC(=O)C2CC2)n1.CO.COc1ccc(C)c(OC)c1.O. The van der Waals surface area contributed by atoms with Crippen molar-refractivity contribution in [1.29, 1.82) is 0 Å². The van der Waals surface area contributed by atoms with Gasteiger partial charge in [-0.1, -0.05) is 26.8 Å². The summed E-state index contributed by atoms with van der Waals surface area (Å²) in [4.78, 5) is 28.1. The van der Waals surface area contributed by atoms with Crippen LogP contribution in [0.2, 0.25) is 0 Å². The summed E-state index contributed by atoms with van der Waals surface area (Å²) in [6, 6.07) is 9.88. The third kappa shape index (κ3) is 10.1. The summed E-state index contributed by atoms with van der Waals surface area (Å²) in [5.41, 5.74) is 5.95. The second kappa shape index (κ2) is 19.2. The summed E-state index contributed by atoms with van der Waals surface area (Å²) in [5.74, 6) is 3.07. The van der Waals surface area contributed by atoms with Gasteiger partial charge in [0.25, 0.3) is 0 Å². The molecule has 0 saturated heterocycles. The molecular formula is C33H51N7O5. The molecule has 1 aliphatic rings. The number of aliphatic hydroxyl groups is 1. The van der Waals surface area contributed by atoms with Gasteiger partial charge in [-0.15, -0.1) is 0 Å². The van der Waals surface area contributed by atoms with Crippen molar-refractivity contribution in [3.8, 4) is 11.5 Å². The minimum atomic E-state index is 0. The number of carbonyl (C=O) groups is 1. The summed E-state index contributed by atoms with van der Waals surface area (Å²) in [5, 5.41) is 13.1. The van der Waals surface area contributed by atoms with Gasteiger partial charge in [0.1, 0.15) is 22.8 Å². The first-order valence-electron chi connectivity index (χ1n) is 14.9. The molecule has 3 aromatic heterocycles. The largest absolute Gasteiger partial charge is 0.497 e. The molecule has 1 amide bonds. The Bertz CT molecular complexity index is 1490. The number of benzene rings is 1. The second-order valence-corrected chi connectivity index (χ2v) is 9.90. The quantitative estimate of drug-likeness (QED) is 0.242. The summed E-state index contributed by atoms with van der Waals surface area (Å²) in [6.45, 7) is 8.86. The Hall–Kier alpha value is -4.26. The predicted molar refractivity (Wildman–Crippen MR) is 182 cm³/mol. The van der Waals surface area contributed by atoms with Crippen LogP contribution in [0.15, 0.2) is 42.9 Å². The van der Waals surface area contributed by atoms with Gasteiger partial charge in [-0.05, 0) is 56.5 Å². The lowest BCUT2D eigenvalue weighted by Gasteiger charge is -2.22. The number of aromatic nitrogens is 4. The van der Waals surface area contributed by atoms with Crippen LogP contribution in [0, 0.1) is 12.8 Å². The molecule has 12 heteroatoms. The molecule has 0 aliphatic heterocycles. The number of methoxy groups -OCH3 is 2. The summed E-state index contributed by atoms with van der Waals surface area (Å²) < 4.78 is 12.1. The van der Waals surface area contributed by atoms with Gasteiger partial charge in [0.15, 0.2) is 5.82 Å². The number of rotatable bonds is 9. The number of nitrogens with one attached hydrogen (secondary N) is 2. The minimum Gasteiger partial charge on any atom is -0.497 e. The van der Waals surface area contributed by atoms with Gasteiger partial charge < -0.3 is 40.2 Å². The maximum atomic E-state index is 12.4. The third-order valence-corrected chi connectivity index (χ3v) is 6.97. The van der Waals surface area contributed by atoms with Crippen molar-refractivity contribution in [2.75, 3.05) is 45.6 Å². The Morgan fingerprint density at radius 1 is 1.11 bits per heavy atom. The number of carbonyl (C=O) groups excluding carboxylic acids is 1. The number of imidazole rings is 1. The number of aryl methyl sites for hydroxylation is 3. The Morgan fingerprint density at radius 3 is 2.38 bits per heavy atom. The number of amides is 1. The van der Waals surface area contributed by atoms with Gasteiger partial charge in [-0.25, -0.2) is 9.97 Å². The topological polar surface area (TPSA) is 158 Å². The lowest BCUT2D eigenvalue weighted by atomic mass is 10.1. The number of nitrogens with zero attached hydrogens (tertiary/aromatic N) is 5. The molecule has 0 radical (unpaired) electrons. The summed E-state index contributed by atoms with van der Waals surface area (Å²) in [7, 11) is 10.1. The van der Waals surface area contributed by atoms with Crippen LogP contribution in [-0.4, -0.2) is 71.4 Å². The monoisotopic (exact) mass is 625 g/mol. The normalized spacial score (nSPS) is 11.4.